The number of nitrogens with two attached hydrogens (primary N) is 1. The third kappa shape index (κ3) is 3.62. The predicted octanol–water partition coefficient (Wildman–Crippen LogP) is 2.57. The quantitative estimate of drug-likeness (QED) is 0.703. The Balaban J connectivity index is 1.42. The minimum atomic E-state index is -0.344. The highest BCUT2D eigenvalue weighted by Gasteiger charge is 2.48. The van der Waals surface area contributed by atoms with E-state index in [1.54, 1.807) is 6.20 Å². The molecule has 0 spiro atoms. The van der Waals surface area contributed by atoms with Gasteiger partial charge in [0.05, 0.1) is 30.6 Å². The van der Waals surface area contributed by atoms with Crippen molar-refractivity contribution < 1.29 is 5.11 Å². The molecule has 3 unspecified atom stereocenters. The van der Waals surface area contributed by atoms with Crippen molar-refractivity contribution in [2.75, 3.05) is 30.3 Å². The van der Waals surface area contributed by atoms with Gasteiger partial charge in [0.25, 0.3) is 0 Å². The molecule has 1 aromatic rings. The molecule has 30 heavy (non-hydrogen) atoms. The third-order valence-electron chi connectivity index (χ3n) is 6.95. The molecule has 1 fully saturated rings. The summed E-state index contributed by atoms with van der Waals surface area (Å²) in [6, 6.07) is 2.08. The monoisotopic (exact) mass is 408 g/mol. The van der Waals surface area contributed by atoms with Crippen molar-refractivity contribution in [1.29, 1.82) is 0 Å². The molecular formula is C23H32N6O. The second kappa shape index (κ2) is 8.22. The zero-order valence-electron chi connectivity index (χ0n) is 17.9. The van der Waals surface area contributed by atoms with Crippen LogP contribution in [0.1, 0.15) is 33.1 Å². The molecule has 0 aromatic carbocycles. The highest BCUT2D eigenvalue weighted by molar-refractivity contribution is 5.67. The zero-order valence-corrected chi connectivity index (χ0v) is 17.9. The SMILES string of the molecule is C=C/C=C\C1=C(C)C(CC(O)C2CCN(c3ccnc(N)n3)CC2)N2C=NCC12C. The molecule has 3 N–H and O–H groups in total. The number of fused-ring (bicyclic) bond motifs is 1. The summed E-state index contributed by atoms with van der Waals surface area (Å²) >= 11 is 0. The van der Waals surface area contributed by atoms with Crippen molar-refractivity contribution in [2.24, 2.45) is 10.9 Å². The number of nitrogens with zero attached hydrogens (tertiary/aromatic N) is 5. The number of hydrogen-bond acceptors (Lipinski definition) is 7. The van der Waals surface area contributed by atoms with E-state index in [9.17, 15) is 5.11 Å². The Morgan fingerprint density at radius 2 is 2.17 bits per heavy atom. The van der Waals surface area contributed by atoms with Gasteiger partial charge in [-0.1, -0.05) is 24.8 Å². The van der Waals surface area contributed by atoms with Crippen molar-refractivity contribution in [1.82, 2.24) is 14.9 Å². The first-order chi connectivity index (χ1) is 14.4. The first-order valence-electron chi connectivity index (χ1n) is 10.7. The van der Waals surface area contributed by atoms with Gasteiger partial charge in [-0.3, -0.25) is 4.99 Å². The van der Waals surface area contributed by atoms with E-state index in [0.29, 0.717) is 5.95 Å². The Kier molecular flexibility index (Phi) is 5.64. The van der Waals surface area contributed by atoms with Crippen molar-refractivity contribution in [2.45, 2.75) is 50.8 Å². The molecule has 0 amide bonds. The van der Waals surface area contributed by atoms with Crippen LogP contribution in [0, 0.1) is 5.92 Å². The van der Waals surface area contributed by atoms with Gasteiger partial charge in [-0.25, -0.2) is 4.98 Å². The van der Waals surface area contributed by atoms with Crippen LogP contribution in [0.25, 0.3) is 0 Å². The number of rotatable bonds is 6. The molecule has 3 aliphatic rings. The first-order valence-corrected chi connectivity index (χ1v) is 10.7. The lowest BCUT2D eigenvalue weighted by molar-refractivity contribution is 0.0656. The summed E-state index contributed by atoms with van der Waals surface area (Å²) < 4.78 is 0. The minimum Gasteiger partial charge on any atom is -0.393 e. The van der Waals surface area contributed by atoms with Gasteiger partial charge in [-0.2, -0.15) is 4.98 Å². The van der Waals surface area contributed by atoms with Crippen LogP contribution >= 0.6 is 0 Å². The molecule has 7 heteroatoms. The minimum absolute atomic E-state index is 0.121. The molecule has 0 radical (unpaired) electrons. The fourth-order valence-electron chi connectivity index (χ4n) is 5.22. The van der Waals surface area contributed by atoms with E-state index < -0.39 is 0 Å². The Morgan fingerprint density at radius 1 is 1.40 bits per heavy atom. The van der Waals surface area contributed by atoms with E-state index in [2.05, 4.69) is 51.3 Å². The molecule has 4 rings (SSSR count). The topological polar surface area (TPSA) is 90.9 Å². The lowest BCUT2D eigenvalue weighted by Gasteiger charge is -2.38. The first kappa shape index (κ1) is 20.6. The van der Waals surface area contributed by atoms with Crippen LogP contribution in [0.3, 0.4) is 0 Å². The summed E-state index contributed by atoms with van der Waals surface area (Å²) in [4.78, 5) is 17.4. The summed E-state index contributed by atoms with van der Waals surface area (Å²) in [5.74, 6) is 1.45. The van der Waals surface area contributed by atoms with Crippen LogP contribution in [-0.2, 0) is 0 Å². The summed E-state index contributed by atoms with van der Waals surface area (Å²) in [5, 5.41) is 11.1. The van der Waals surface area contributed by atoms with E-state index in [-0.39, 0.29) is 23.6 Å². The highest BCUT2D eigenvalue weighted by atomic mass is 16.3. The van der Waals surface area contributed by atoms with E-state index in [4.69, 9.17) is 5.73 Å². The van der Waals surface area contributed by atoms with Gasteiger partial charge in [-0.05, 0) is 56.2 Å². The van der Waals surface area contributed by atoms with Gasteiger partial charge in [0, 0.05) is 19.3 Å². The Hall–Kier alpha value is -2.67. The predicted molar refractivity (Wildman–Crippen MR) is 121 cm³/mol. The van der Waals surface area contributed by atoms with Gasteiger partial charge in [0.2, 0.25) is 5.95 Å². The smallest absolute Gasteiger partial charge is 0.221 e. The molecule has 1 aromatic heterocycles. The van der Waals surface area contributed by atoms with Crippen LogP contribution < -0.4 is 10.6 Å². The molecule has 1 saturated heterocycles. The molecule has 160 valence electrons. The van der Waals surface area contributed by atoms with Gasteiger partial charge in [0.15, 0.2) is 0 Å². The summed E-state index contributed by atoms with van der Waals surface area (Å²) in [6.07, 6.45) is 11.9. The fourth-order valence-corrected chi connectivity index (χ4v) is 5.22. The van der Waals surface area contributed by atoms with Crippen LogP contribution in [0.15, 0.2) is 53.2 Å². The van der Waals surface area contributed by atoms with Crippen LogP contribution in [0.2, 0.25) is 0 Å². The van der Waals surface area contributed by atoms with E-state index in [1.165, 1.54) is 11.1 Å². The number of aliphatic hydroxyl groups excluding tert-OH is 1. The van der Waals surface area contributed by atoms with Crippen molar-refractivity contribution in [3.63, 3.8) is 0 Å². The number of aromatic nitrogens is 2. The lowest BCUT2D eigenvalue weighted by atomic mass is 9.86. The van der Waals surface area contributed by atoms with Gasteiger partial charge in [-0.15, -0.1) is 0 Å². The summed E-state index contributed by atoms with van der Waals surface area (Å²) in [6.45, 7) is 10.7. The van der Waals surface area contributed by atoms with Crippen LogP contribution in [0.4, 0.5) is 11.8 Å². The van der Waals surface area contributed by atoms with Crippen LogP contribution in [-0.4, -0.2) is 63.6 Å². The highest BCUT2D eigenvalue weighted by Crippen LogP contribution is 2.43. The average molecular weight is 409 g/mol. The maximum atomic E-state index is 11.1. The Bertz CT molecular complexity index is 885. The van der Waals surface area contributed by atoms with E-state index >= 15 is 0 Å². The molecule has 7 nitrogen and oxygen atoms in total. The summed E-state index contributed by atoms with van der Waals surface area (Å²) in [5.41, 5.74) is 8.23. The number of nitrogen functional groups attached to an aromatic ring is 1. The van der Waals surface area contributed by atoms with Gasteiger partial charge >= 0.3 is 0 Å². The van der Waals surface area contributed by atoms with Gasteiger partial charge < -0.3 is 20.6 Å². The van der Waals surface area contributed by atoms with Crippen molar-refractivity contribution >= 4 is 18.1 Å². The van der Waals surface area contributed by atoms with Gasteiger partial charge in [0.1, 0.15) is 5.82 Å². The van der Waals surface area contributed by atoms with Crippen LogP contribution in [0.5, 0.6) is 0 Å². The zero-order chi connectivity index (χ0) is 21.3. The number of aliphatic hydroxyl groups is 1. The maximum absolute atomic E-state index is 11.1. The standard InChI is InChI=1S/C23H32N6O/c1-4-5-6-18-16(2)19(29-15-25-14-23(18,29)3)13-20(30)17-8-11-28(12-9-17)21-7-10-26-22(24)27-21/h4-7,10,15,17,19-20,30H,1,8-9,11-14H2,2-3H3,(H2,24,26,27)/b6-5-. The van der Waals surface area contributed by atoms with E-state index in [0.717, 1.165) is 44.7 Å². The van der Waals surface area contributed by atoms with E-state index in [1.807, 2.05) is 24.6 Å². The fraction of sp³-hybridized carbons (Fsp3) is 0.522. The average Bonchev–Trinajstić information content (AvgIpc) is 3.21. The maximum Gasteiger partial charge on any atom is 0.221 e. The number of allylic oxidation sites excluding steroid dienone is 2. The second-order valence-electron chi connectivity index (χ2n) is 8.75. The Morgan fingerprint density at radius 3 is 2.87 bits per heavy atom. The molecule has 0 saturated carbocycles. The number of anilines is 2. The number of piperidine rings is 1. The molecular weight excluding hydrogens is 376 g/mol. The molecule has 3 atom stereocenters. The molecule has 3 aliphatic heterocycles. The number of hydrogen-bond donors (Lipinski definition) is 2. The Labute approximate surface area is 178 Å². The molecule has 0 aliphatic carbocycles. The molecule has 0 bridgehead atoms. The molecule has 4 heterocycles. The second-order valence-corrected chi connectivity index (χ2v) is 8.75. The number of aliphatic imine (C=N–C) groups is 1. The third-order valence-corrected chi connectivity index (χ3v) is 6.95. The largest absolute Gasteiger partial charge is 0.393 e. The normalized spacial score (nSPS) is 27.9. The van der Waals surface area contributed by atoms with Crippen molar-refractivity contribution in [3.8, 4) is 0 Å². The van der Waals surface area contributed by atoms with Crippen molar-refractivity contribution in [3.05, 3.63) is 48.2 Å². The summed E-state index contributed by atoms with van der Waals surface area (Å²) in [7, 11) is 0. The lowest BCUT2D eigenvalue weighted by Crippen LogP contribution is -2.47.